The van der Waals surface area contributed by atoms with Gasteiger partial charge in [-0.2, -0.15) is 0 Å². The van der Waals surface area contributed by atoms with Crippen molar-refractivity contribution in [3.05, 3.63) is 23.4 Å². The highest BCUT2D eigenvalue weighted by Gasteiger charge is 2.14. The third-order valence-corrected chi connectivity index (χ3v) is 4.40. The zero-order chi connectivity index (χ0) is 14.3. The van der Waals surface area contributed by atoms with Gasteiger partial charge in [-0.05, 0) is 56.7 Å². The van der Waals surface area contributed by atoms with Gasteiger partial charge in [-0.25, -0.2) is 4.98 Å². The average molecular weight is 289 g/mol. The molecule has 1 fully saturated rings. The monoisotopic (exact) mass is 289 g/mol. The molecular formula is C17H27N3O. The van der Waals surface area contributed by atoms with E-state index in [-0.39, 0.29) is 0 Å². The summed E-state index contributed by atoms with van der Waals surface area (Å²) in [6.07, 6.45) is 8.71. The summed E-state index contributed by atoms with van der Waals surface area (Å²) in [4.78, 5) is 4.74. The lowest BCUT2D eigenvalue weighted by Crippen LogP contribution is -2.17. The number of unbranched alkanes of at least 4 members (excludes halogenated alkanes) is 2. The number of anilines is 1. The Labute approximate surface area is 127 Å². The molecule has 116 valence electrons. The first-order chi connectivity index (χ1) is 10.4. The fourth-order valence-electron chi connectivity index (χ4n) is 3.11. The molecule has 0 spiro atoms. The molecule has 21 heavy (non-hydrogen) atoms. The van der Waals surface area contributed by atoms with E-state index in [9.17, 15) is 0 Å². The fraction of sp³-hybridized carbons (Fsp3) is 0.706. The molecule has 0 amide bonds. The molecule has 1 atom stereocenters. The Hall–Kier alpha value is -1.13. The molecular weight excluding hydrogens is 262 g/mol. The minimum absolute atomic E-state index is 0.457. The molecule has 0 saturated carbocycles. The van der Waals surface area contributed by atoms with Gasteiger partial charge >= 0.3 is 0 Å². The van der Waals surface area contributed by atoms with Gasteiger partial charge in [0, 0.05) is 25.4 Å². The number of hydrogen-bond donors (Lipinski definition) is 2. The van der Waals surface area contributed by atoms with E-state index in [4.69, 9.17) is 9.72 Å². The van der Waals surface area contributed by atoms with E-state index in [1.54, 1.807) is 0 Å². The minimum atomic E-state index is 0.457. The molecule has 4 nitrogen and oxygen atoms in total. The fourth-order valence-corrected chi connectivity index (χ4v) is 3.11. The molecule has 0 aromatic carbocycles. The lowest BCUT2D eigenvalue weighted by atomic mass is 10.1. The van der Waals surface area contributed by atoms with Crippen LogP contribution < -0.4 is 10.6 Å². The van der Waals surface area contributed by atoms with Gasteiger partial charge in [-0.15, -0.1) is 0 Å². The van der Waals surface area contributed by atoms with E-state index in [0.717, 1.165) is 38.5 Å². The normalized spacial score (nSPS) is 21.0. The van der Waals surface area contributed by atoms with Crippen LogP contribution in [0.2, 0.25) is 0 Å². The van der Waals surface area contributed by atoms with Gasteiger partial charge in [0.15, 0.2) is 0 Å². The van der Waals surface area contributed by atoms with Gasteiger partial charge in [-0.1, -0.05) is 12.5 Å². The summed E-state index contributed by atoms with van der Waals surface area (Å²) in [5.41, 5.74) is 2.60. The smallest absolute Gasteiger partial charge is 0.129 e. The Bertz CT molecular complexity index is 444. The SMILES string of the molecule is c1cc2c(nc1CCCCCO[C@@H]1CCNC1)NCCC2. The molecule has 0 aliphatic carbocycles. The molecule has 1 saturated heterocycles. The summed E-state index contributed by atoms with van der Waals surface area (Å²) in [5.74, 6) is 1.12. The van der Waals surface area contributed by atoms with Crippen molar-refractivity contribution in [3.8, 4) is 0 Å². The molecule has 4 heteroatoms. The molecule has 2 aliphatic rings. The van der Waals surface area contributed by atoms with E-state index in [2.05, 4.69) is 22.8 Å². The van der Waals surface area contributed by atoms with E-state index >= 15 is 0 Å². The van der Waals surface area contributed by atoms with Crippen molar-refractivity contribution < 1.29 is 4.74 Å². The van der Waals surface area contributed by atoms with Crippen molar-refractivity contribution in [2.45, 2.75) is 51.0 Å². The zero-order valence-electron chi connectivity index (χ0n) is 12.9. The lowest BCUT2D eigenvalue weighted by molar-refractivity contribution is 0.0642. The van der Waals surface area contributed by atoms with Crippen LogP contribution in [0.25, 0.3) is 0 Å². The third-order valence-electron chi connectivity index (χ3n) is 4.40. The maximum atomic E-state index is 5.84. The Morgan fingerprint density at radius 1 is 1.19 bits per heavy atom. The van der Waals surface area contributed by atoms with Gasteiger partial charge in [0.1, 0.15) is 5.82 Å². The van der Waals surface area contributed by atoms with Crippen molar-refractivity contribution in [3.63, 3.8) is 0 Å². The molecule has 0 radical (unpaired) electrons. The maximum absolute atomic E-state index is 5.84. The number of hydrogen-bond acceptors (Lipinski definition) is 4. The second-order valence-electron chi connectivity index (χ2n) is 6.14. The Morgan fingerprint density at radius 3 is 3.10 bits per heavy atom. The van der Waals surface area contributed by atoms with Gasteiger partial charge in [0.25, 0.3) is 0 Å². The predicted octanol–water partition coefficient (Wildman–Crippen LogP) is 2.53. The first kappa shape index (κ1) is 14.8. The van der Waals surface area contributed by atoms with Crippen molar-refractivity contribution in [1.29, 1.82) is 0 Å². The molecule has 1 aromatic rings. The minimum Gasteiger partial charge on any atom is -0.377 e. The zero-order valence-corrected chi connectivity index (χ0v) is 12.9. The molecule has 2 N–H and O–H groups in total. The van der Waals surface area contributed by atoms with Crippen LogP contribution in [0.4, 0.5) is 5.82 Å². The molecule has 0 unspecified atom stereocenters. The summed E-state index contributed by atoms with van der Waals surface area (Å²) in [6, 6.07) is 4.45. The number of pyridine rings is 1. The van der Waals surface area contributed by atoms with E-state index in [1.807, 2.05) is 0 Å². The quantitative estimate of drug-likeness (QED) is 0.757. The molecule has 3 heterocycles. The van der Waals surface area contributed by atoms with Gasteiger partial charge in [0.05, 0.1) is 6.10 Å². The van der Waals surface area contributed by atoms with Crippen LogP contribution in [-0.2, 0) is 17.6 Å². The largest absolute Gasteiger partial charge is 0.377 e. The maximum Gasteiger partial charge on any atom is 0.129 e. The topological polar surface area (TPSA) is 46.2 Å². The van der Waals surface area contributed by atoms with Gasteiger partial charge < -0.3 is 15.4 Å². The second kappa shape index (κ2) is 7.76. The number of aromatic nitrogens is 1. The number of aryl methyl sites for hydroxylation is 2. The highest BCUT2D eigenvalue weighted by atomic mass is 16.5. The second-order valence-corrected chi connectivity index (χ2v) is 6.14. The van der Waals surface area contributed by atoms with Crippen LogP contribution in [0.3, 0.4) is 0 Å². The molecule has 0 bridgehead atoms. The van der Waals surface area contributed by atoms with Crippen molar-refractivity contribution >= 4 is 5.82 Å². The summed E-state index contributed by atoms with van der Waals surface area (Å²) in [6.45, 7) is 4.12. The van der Waals surface area contributed by atoms with Crippen LogP contribution >= 0.6 is 0 Å². The third kappa shape index (κ3) is 4.42. The Morgan fingerprint density at radius 2 is 2.19 bits per heavy atom. The average Bonchev–Trinajstić information content (AvgIpc) is 3.04. The first-order valence-corrected chi connectivity index (χ1v) is 8.47. The standard InChI is InChI=1S/C17H27N3O/c1(3-12-21-16-9-11-18-13-16)2-6-15-8-7-14-5-4-10-19-17(14)20-15/h7-8,16,18H,1-6,9-13H2,(H,19,20)/t16-/m1/s1. The molecule has 2 aliphatic heterocycles. The van der Waals surface area contributed by atoms with Crippen LogP contribution in [0.15, 0.2) is 12.1 Å². The van der Waals surface area contributed by atoms with E-state index < -0.39 is 0 Å². The highest BCUT2D eigenvalue weighted by Crippen LogP contribution is 2.20. The Kier molecular flexibility index (Phi) is 5.46. The molecule has 3 rings (SSSR count). The van der Waals surface area contributed by atoms with Crippen molar-refractivity contribution in [2.24, 2.45) is 0 Å². The lowest BCUT2D eigenvalue weighted by Gasteiger charge is -2.17. The van der Waals surface area contributed by atoms with Crippen LogP contribution in [0, 0.1) is 0 Å². The number of ether oxygens (including phenoxy) is 1. The van der Waals surface area contributed by atoms with Crippen LogP contribution in [0.5, 0.6) is 0 Å². The number of nitrogens with one attached hydrogen (secondary N) is 2. The summed E-state index contributed by atoms with van der Waals surface area (Å²) in [7, 11) is 0. The van der Waals surface area contributed by atoms with Crippen molar-refractivity contribution in [1.82, 2.24) is 10.3 Å². The van der Waals surface area contributed by atoms with E-state index in [1.165, 1.54) is 49.8 Å². The first-order valence-electron chi connectivity index (χ1n) is 8.47. The predicted molar refractivity (Wildman–Crippen MR) is 85.8 cm³/mol. The number of rotatable bonds is 7. The van der Waals surface area contributed by atoms with Crippen LogP contribution in [-0.4, -0.2) is 37.3 Å². The van der Waals surface area contributed by atoms with Gasteiger partial charge in [-0.3, -0.25) is 0 Å². The highest BCUT2D eigenvalue weighted by molar-refractivity contribution is 5.46. The van der Waals surface area contributed by atoms with Crippen LogP contribution in [0.1, 0.15) is 43.4 Å². The van der Waals surface area contributed by atoms with Crippen molar-refractivity contribution in [2.75, 3.05) is 31.6 Å². The Balaban J connectivity index is 1.31. The van der Waals surface area contributed by atoms with E-state index in [0.29, 0.717) is 6.10 Å². The number of fused-ring (bicyclic) bond motifs is 1. The summed E-state index contributed by atoms with van der Waals surface area (Å²) >= 11 is 0. The summed E-state index contributed by atoms with van der Waals surface area (Å²) in [5, 5.41) is 6.74. The summed E-state index contributed by atoms with van der Waals surface area (Å²) < 4.78 is 5.84. The number of nitrogens with zero attached hydrogens (tertiary/aromatic N) is 1. The molecule has 1 aromatic heterocycles. The van der Waals surface area contributed by atoms with Gasteiger partial charge in [0.2, 0.25) is 0 Å².